The lowest BCUT2D eigenvalue weighted by molar-refractivity contribution is -0.137. The van der Waals surface area contributed by atoms with Gasteiger partial charge in [0.15, 0.2) is 0 Å². The van der Waals surface area contributed by atoms with Crippen molar-refractivity contribution in [1.82, 2.24) is 15.5 Å². The molecule has 3 rings (SSSR count). The zero-order chi connectivity index (χ0) is 24.7. The van der Waals surface area contributed by atoms with Crippen LogP contribution in [0.2, 0.25) is 0 Å². The van der Waals surface area contributed by atoms with Crippen molar-refractivity contribution in [3.63, 3.8) is 0 Å². The highest BCUT2D eigenvalue weighted by atomic mass is 19.4. The molecule has 1 heterocycles. The highest BCUT2D eigenvalue weighted by Gasteiger charge is 2.31. The number of ether oxygens (including phenoxy) is 1. The van der Waals surface area contributed by atoms with Crippen LogP contribution in [-0.4, -0.2) is 27.4 Å². The van der Waals surface area contributed by atoms with Gasteiger partial charge in [-0.3, -0.25) is 0 Å². The third kappa shape index (κ3) is 6.92. The second kappa shape index (κ2) is 11.0. The molecular formula is C24H24F3N3O4. The monoisotopic (exact) mass is 475 g/mol. The van der Waals surface area contributed by atoms with Crippen LogP contribution in [0.25, 0.3) is 12.2 Å². The van der Waals surface area contributed by atoms with Gasteiger partial charge in [-0.2, -0.15) is 18.2 Å². The van der Waals surface area contributed by atoms with Gasteiger partial charge < -0.3 is 19.7 Å². The fraction of sp³-hybridized carbons (Fsp3) is 0.292. The molecule has 7 nitrogen and oxygen atoms in total. The smallest absolute Gasteiger partial charge is 0.416 e. The third-order valence-electron chi connectivity index (χ3n) is 4.93. The summed E-state index contributed by atoms with van der Waals surface area (Å²) in [4.78, 5) is 16.3. The highest BCUT2D eigenvalue weighted by molar-refractivity contribution is 5.68. The van der Waals surface area contributed by atoms with Crippen molar-refractivity contribution >= 4 is 18.2 Å². The number of carbonyl (C=O) groups excluding carboxylic acids is 1. The summed E-state index contributed by atoms with van der Waals surface area (Å²) in [7, 11) is 0. The molecule has 1 unspecified atom stereocenters. The maximum absolute atomic E-state index is 12.7. The molecule has 180 valence electrons. The Hall–Kier alpha value is -3.66. The summed E-state index contributed by atoms with van der Waals surface area (Å²) in [5.74, 6) is -0.193. The molecule has 0 bridgehead atoms. The Kier molecular flexibility index (Phi) is 8.06. The maximum atomic E-state index is 12.7. The van der Waals surface area contributed by atoms with E-state index in [1.807, 2.05) is 30.3 Å². The molecule has 10 heteroatoms. The van der Waals surface area contributed by atoms with Crippen molar-refractivity contribution < 1.29 is 32.3 Å². The molecule has 0 radical (unpaired) electrons. The normalized spacial score (nSPS) is 13.7. The Morgan fingerprint density at radius 2 is 1.79 bits per heavy atom. The fourth-order valence-electron chi connectivity index (χ4n) is 3.06. The van der Waals surface area contributed by atoms with E-state index in [9.17, 15) is 23.1 Å². The fourth-order valence-corrected chi connectivity index (χ4v) is 3.06. The lowest BCUT2D eigenvalue weighted by Crippen LogP contribution is -2.43. The number of hydrogen-bond donors (Lipinski definition) is 2. The minimum absolute atomic E-state index is 0.0445. The van der Waals surface area contributed by atoms with E-state index in [2.05, 4.69) is 15.5 Å². The van der Waals surface area contributed by atoms with Gasteiger partial charge in [0.2, 0.25) is 5.82 Å². The van der Waals surface area contributed by atoms with Gasteiger partial charge in [0, 0.05) is 6.08 Å². The number of aliphatic hydroxyl groups excluding tert-OH is 1. The van der Waals surface area contributed by atoms with Crippen LogP contribution in [0.1, 0.15) is 48.4 Å². The minimum atomic E-state index is -4.41. The van der Waals surface area contributed by atoms with Gasteiger partial charge in [-0.25, -0.2) is 4.79 Å². The van der Waals surface area contributed by atoms with Gasteiger partial charge in [0.1, 0.15) is 12.7 Å². The van der Waals surface area contributed by atoms with Crippen molar-refractivity contribution in [2.75, 3.05) is 0 Å². The summed E-state index contributed by atoms with van der Waals surface area (Å²) in [6.07, 6.45) is -3.47. The number of alkyl carbamates (subject to hydrolysis) is 1. The predicted octanol–water partition coefficient (Wildman–Crippen LogP) is 5.24. The molecule has 1 aromatic heterocycles. The first kappa shape index (κ1) is 25.0. The van der Waals surface area contributed by atoms with Crippen LogP contribution in [0, 0.1) is 5.92 Å². The first-order valence-corrected chi connectivity index (χ1v) is 10.5. The van der Waals surface area contributed by atoms with Crippen molar-refractivity contribution in [3.05, 3.63) is 83.0 Å². The van der Waals surface area contributed by atoms with E-state index < -0.39 is 30.0 Å². The summed E-state index contributed by atoms with van der Waals surface area (Å²) in [6.45, 7) is 3.68. The van der Waals surface area contributed by atoms with Crippen LogP contribution in [0.3, 0.4) is 0 Å². The molecule has 0 spiro atoms. The number of nitrogens with zero attached hydrogens (tertiary/aromatic N) is 2. The number of amides is 1. The molecule has 0 saturated heterocycles. The molecule has 3 aromatic rings. The van der Waals surface area contributed by atoms with E-state index in [0.717, 1.165) is 17.7 Å². The molecule has 2 atom stereocenters. The van der Waals surface area contributed by atoms with E-state index in [1.54, 1.807) is 13.8 Å². The Labute approximate surface area is 194 Å². The van der Waals surface area contributed by atoms with E-state index >= 15 is 0 Å². The molecule has 0 aliphatic carbocycles. The molecule has 2 aromatic carbocycles. The van der Waals surface area contributed by atoms with E-state index in [1.165, 1.54) is 24.3 Å². The van der Waals surface area contributed by atoms with Gasteiger partial charge in [-0.05, 0) is 35.3 Å². The molecule has 0 aliphatic heterocycles. The number of hydrogen-bond acceptors (Lipinski definition) is 6. The number of rotatable bonds is 8. The highest BCUT2D eigenvalue weighted by Crippen LogP contribution is 2.29. The third-order valence-corrected chi connectivity index (χ3v) is 4.93. The second-order valence-electron chi connectivity index (χ2n) is 7.86. The SMILES string of the molecule is CC(C)[C@H](NC(=O)OCc1ccccc1)C(O)c1noc(C=Cc2ccc(C(F)(F)F)cc2)n1. The zero-order valence-electron chi connectivity index (χ0n) is 18.5. The lowest BCUT2D eigenvalue weighted by atomic mass is 9.98. The van der Waals surface area contributed by atoms with Crippen molar-refractivity contribution in [2.45, 2.75) is 38.8 Å². The second-order valence-corrected chi connectivity index (χ2v) is 7.86. The number of aliphatic hydroxyl groups is 1. The van der Waals surface area contributed by atoms with Crippen LogP contribution < -0.4 is 5.32 Å². The standard InChI is InChI=1S/C24H24F3N3O4/c1-15(2)20(29-23(32)33-14-17-6-4-3-5-7-17)21(31)22-28-19(34-30-22)13-10-16-8-11-18(12-9-16)24(25,26)27/h3-13,15,20-21,31H,14H2,1-2H3,(H,29,32)/t20-,21?/m0/s1. The van der Waals surface area contributed by atoms with Crippen LogP contribution in [0.5, 0.6) is 0 Å². The number of nitrogens with one attached hydrogen (secondary N) is 1. The molecule has 0 fully saturated rings. The van der Waals surface area contributed by atoms with Crippen LogP contribution in [-0.2, 0) is 17.5 Å². The molecule has 0 aliphatic rings. The first-order valence-electron chi connectivity index (χ1n) is 10.5. The van der Waals surface area contributed by atoms with Crippen molar-refractivity contribution in [3.8, 4) is 0 Å². The number of halogens is 3. The zero-order valence-corrected chi connectivity index (χ0v) is 18.5. The summed E-state index contributed by atoms with van der Waals surface area (Å²) in [6, 6.07) is 13.0. The Morgan fingerprint density at radius 3 is 2.41 bits per heavy atom. The van der Waals surface area contributed by atoms with Crippen molar-refractivity contribution in [2.24, 2.45) is 5.92 Å². The van der Waals surface area contributed by atoms with Crippen LogP contribution in [0.4, 0.5) is 18.0 Å². The number of benzene rings is 2. The lowest BCUT2D eigenvalue weighted by Gasteiger charge is -2.25. The van der Waals surface area contributed by atoms with E-state index in [-0.39, 0.29) is 24.2 Å². The van der Waals surface area contributed by atoms with E-state index in [4.69, 9.17) is 9.26 Å². The van der Waals surface area contributed by atoms with Gasteiger partial charge in [0.25, 0.3) is 5.89 Å². The topological polar surface area (TPSA) is 97.5 Å². The summed E-state index contributed by atoms with van der Waals surface area (Å²) in [5, 5.41) is 17.1. The molecule has 2 N–H and O–H groups in total. The first-order chi connectivity index (χ1) is 16.1. The molecular weight excluding hydrogens is 451 g/mol. The number of aromatic nitrogens is 2. The van der Waals surface area contributed by atoms with Gasteiger partial charge in [-0.1, -0.05) is 61.5 Å². The maximum Gasteiger partial charge on any atom is 0.416 e. The average molecular weight is 475 g/mol. The summed E-state index contributed by atoms with van der Waals surface area (Å²) >= 11 is 0. The van der Waals surface area contributed by atoms with Crippen molar-refractivity contribution in [1.29, 1.82) is 0 Å². The van der Waals surface area contributed by atoms with E-state index in [0.29, 0.717) is 5.56 Å². The summed E-state index contributed by atoms with van der Waals surface area (Å²) in [5.41, 5.74) is 0.570. The van der Waals surface area contributed by atoms with Crippen LogP contribution >= 0.6 is 0 Å². The quantitative estimate of drug-likeness (QED) is 0.462. The summed E-state index contributed by atoms with van der Waals surface area (Å²) < 4.78 is 48.3. The predicted molar refractivity (Wildman–Crippen MR) is 118 cm³/mol. The minimum Gasteiger partial charge on any atom is -0.445 e. The number of alkyl halides is 3. The Bertz CT molecular complexity index is 1100. The average Bonchev–Trinajstić information content (AvgIpc) is 3.29. The molecule has 34 heavy (non-hydrogen) atoms. The van der Waals surface area contributed by atoms with Crippen LogP contribution in [0.15, 0.2) is 59.1 Å². The Morgan fingerprint density at radius 1 is 1.12 bits per heavy atom. The van der Waals surface area contributed by atoms with Gasteiger partial charge in [0.05, 0.1) is 11.6 Å². The largest absolute Gasteiger partial charge is 0.445 e. The van der Waals surface area contributed by atoms with Gasteiger partial charge >= 0.3 is 12.3 Å². The van der Waals surface area contributed by atoms with Gasteiger partial charge in [-0.15, -0.1) is 0 Å². The molecule has 0 saturated carbocycles. The molecule has 1 amide bonds. The Balaban J connectivity index is 1.61. The number of carbonyl (C=O) groups is 1.